The number of halogens is 2. The van der Waals surface area contributed by atoms with Gasteiger partial charge in [-0.15, -0.1) is 11.3 Å². The van der Waals surface area contributed by atoms with Gasteiger partial charge in [-0.2, -0.15) is 0 Å². The number of nitrogens with zero attached hydrogens (tertiary/aromatic N) is 1. The molecule has 1 aromatic heterocycles. The van der Waals surface area contributed by atoms with Crippen molar-refractivity contribution in [1.29, 1.82) is 0 Å². The maximum Gasteiger partial charge on any atom is 0.254 e. The first-order chi connectivity index (χ1) is 11.5. The summed E-state index contributed by atoms with van der Waals surface area (Å²) < 4.78 is 26.4. The molecule has 2 aromatic carbocycles. The summed E-state index contributed by atoms with van der Waals surface area (Å²) in [4.78, 5) is 16.4. The highest BCUT2D eigenvalue weighted by atomic mass is 32.1. The summed E-state index contributed by atoms with van der Waals surface area (Å²) >= 11 is 1.59. The summed E-state index contributed by atoms with van der Waals surface area (Å²) in [5.74, 6) is -2.16. The molecule has 0 fully saturated rings. The van der Waals surface area contributed by atoms with Crippen LogP contribution in [0.3, 0.4) is 0 Å². The van der Waals surface area contributed by atoms with Gasteiger partial charge in [0.05, 0.1) is 16.3 Å². The van der Waals surface area contributed by atoms with Crippen LogP contribution < -0.4 is 5.32 Å². The Bertz CT molecular complexity index is 875. The number of carbonyl (C=O) groups excluding carboxylic acids is 1. The SMILES string of the molecule is Cc1nc(-c2ccc(CNC(=O)c3ccc(F)cc3F)cc2)cs1. The molecule has 0 saturated carbocycles. The first-order valence-corrected chi connectivity index (χ1v) is 8.15. The molecular formula is C18H14F2N2OS. The van der Waals surface area contributed by atoms with Gasteiger partial charge in [0.1, 0.15) is 11.6 Å². The number of benzene rings is 2. The van der Waals surface area contributed by atoms with Crippen LogP contribution in [0.5, 0.6) is 0 Å². The second-order valence-electron chi connectivity index (χ2n) is 5.26. The zero-order valence-electron chi connectivity index (χ0n) is 12.8. The number of aromatic nitrogens is 1. The van der Waals surface area contributed by atoms with Crippen molar-refractivity contribution in [2.24, 2.45) is 0 Å². The molecule has 0 radical (unpaired) electrons. The monoisotopic (exact) mass is 344 g/mol. The summed E-state index contributed by atoms with van der Waals surface area (Å²) in [6.45, 7) is 2.21. The predicted molar refractivity (Wildman–Crippen MR) is 89.8 cm³/mol. The lowest BCUT2D eigenvalue weighted by Crippen LogP contribution is -2.23. The van der Waals surface area contributed by atoms with E-state index in [2.05, 4.69) is 10.3 Å². The van der Waals surface area contributed by atoms with Crippen molar-refractivity contribution in [1.82, 2.24) is 10.3 Å². The van der Waals surface area contributed by atoms with Gasteiger partial charge < -0.3 is 5.32 Å². The van der Waals surface area contributed by atoms with Crippen molar-refractivity contribution in [2.45, 2.75) is 13.5 Å². The molecule has 0 aliphatic heterocycles. The predicted octanol–water partition coefficient (Wildman–Crippen LogP) is 4.33. The highest BCUT2D eigenvalue weighted by molar-refractivity contribution is 7.09. The molecule has 1 N–H and O–H groups in total. The molecule has 3 aromatic rings. The molecule has 0 aliphatic carbocycles. The smallest absolute Gasteiger partial charge is 0.254 e. The average molecular weight is 344 g/mol. The minimum absolute atomic E-state index is 0.175. The Morgan fingerprint density at radius 1 is 1.17 bits per heavy atom. The topological polar surface area (TPSA) is 42.0 Å². The van der Waals surface area contributed by atoms with Gasteiger partial charge in [-0.25, -0.2) is 13.8 Å². The van der Waals surface area contributed by atoms with Gasteiger partial charge in [-0.3, -0.25) is 4.79 Å². The number of nitrogens with one attached hydrogen (secondary N) is 1. The van der Waals surface area contributed by atoms with E-state index in [9.17, 15) is 13.6 Å². The molecule has 0 saturated heterocycles. The van der Waals surface area contributed by atoms with Crippen molar-refractivity contribution in [3.63, 3.8) is 0 Å². The van der Waals surface area contributed by atoms with E-state index in [4.69, 9.17) is 0 Å². The lowest BCUT2D eigenvalue weighted by atomic mass is 10.1. The fourth-order valence-electron chi connectivity index (χ4n) is 2.24. The van der Waals surface area contributed by atoms with Gasteiger partial charge in [0, 0.05) is 23.6 Å². The molecule has 24 heavy (non-hydrogen) atoms. The number of thiazole rings is 1. The van der Waals surface area contributed by atoms with E-state index in [1.165, 1.54) is 0 Å². The molecule has 0 atom stereocenters. The van der Waals surface area contributed by atoms with E-state index in [1.807, 2.05) is 36.6 Å². The Labute approximate surface area is 142 Å². The maximum absolute atomic E-state index is 13.6. The standard InChI is InChI=1S/C18H14F2N2OS/c1-11-22-17(10-24-11)13-4-2-12(3-5-13)9-21-18(23)15-7-6-14(19)8-16(15)20/h2-8,10H,9H2,1H3,(H,21,23). The van der Waals surface area contributed by atoms with Crippen LogP contribution >= 0.6 is 11.3 Å². The molecule has 6 heteroatoms. The lowest BCUT2D eigenvalue weighted by Gasteiger charge is -2.07. The first kappa shape index (κ1) is 16.3. The Kier molecular flexibility index (Phi) is 4.66. The summed E-state index contributed by atoms with van der Waals surface area (Å²) in [6.07, 6.45) is 0. The quantitative estimate of drug-likeness (QED) is 0.765. The van der Waals surface area contributed by atoms with Crippen LogP contribution in [0, 0.1) is 18.6 Å². The third-order valence-electron chi connectivity index (χ3n) is 3.50. The Balaban J connectivity index is 1.65. The van der Waals surface area contributed by atoms with Gasteiger partial charge in [-0.1, -0.05) is 24.3 Å². The van der Waals surface area contributed by atoms with Crippen LogP contribution in [0.15, 0.2) is 47.8 Å². The van der Waals surface area contributed by atoms with Crippen LogP contribution in [0.1, 0.15) is 20.9 Å². The number of amides is 1. The molecule has 122 valence electrons. The molecule has 0 aliphatic rings. The zero-order valence-corrected chi connectivity index (χ0v) is 13.7. The molecule has 3 rings (SSSR count). The van der Waals surface area contributed by atoms with Crippen molar-refractivity contribution in [2.75, 3.05) is 0 Å². The molecule has 1 heterocycles. The van der Waals surface area contributed by atoms with Crippen LogP contribution in [-0.4, -0.2) is 10.9 Å². The number of aryl methyl sites for hydroxylation is 1. The summed E-state index contributed by atoms with van der Waals surface area (Å²) in [5, 5.41) is 5.62. The third-order valence-corrected chi connectivity index (χ3v) is 4.27. The van der Waals surface area contributed by atoms with E-state index in [1.54, 1.807) is 11.3 Å². The maximum atomic E-state index is 13.6. The van der Waals surface area contributed by atoms with Crippen LogP contribution in [0.25, 0.3) is 11.3 Å². The average Bonchev–Trinajstić information content (AvgIpc) is 2.99. The number of carbonyl (C=O) groups is 1. The normalized spacial score (nSPS) is 10.6. The van der Waals surface area contributed by atoms with E-state index < -0.39 is 17.5 Å². The summed E-state index contributed by atoms with van der Waals surface area (Å²) in [5.41, 5.74) is 2.62. The minimum Gasteiger partial charge on any atom is -0.348 e. The Hall–Kier alpha value is -2.60. The fourth-order valence-corrected chi connectivity index (χ4v) is 2.86. The second-order valence-corrected chi connectivity index (χ2v) is 6.32. The molecule has 0 bridgehead atoms. The third kappa shape index (κ3) is 3.65. The highest BCUT2D eigenvalue weighted by Crippen LogP contribution is 2.21. The fraction of sp³-hybridized carbons (Fsp3) is 0.111. The molecule has 0 unspecified atom stereocenters. The van der Waals surface area contributed by atoms with Gasteiger partial charge in [-0.05, 0) is 24.6 Å². The van der Waals surface area contributed by atoms with Gasteiger partial charge in [0.2, 0.25) is 0 Å². The van der Waals surface area contributed by atoms with E-state index in [-0.39, 0.29) is 12.1 Å². The van der Waals surface area contributed by atoms with Crippen molar-refractivity contribution in [3.8, 4) is 11.3 Å². The number of rotatable bonds is 4. The van der Waals surface area contributed by atoms with Crippen molar-refractivity contribution in [3.05, 3.63) is 75.6 Å². The van der Waals surface area contributed by atoms with Gasteiger partial charge in [0.15, 0.2) is 0 Å². The Morgan fingerprint density at radius 3 is 2.54 bits per heavy atom. The molecule has 3 nitrogen and oxygen atoms in total. The van der Waals surface area contributed by atoms with Crippen LogP contribution in [-0.2, 0) is 6.54 Å². The van der Waals surface area contributed by atoms with E-state index in [0.29, 0.717) is 6.07 Å². The van der Waals surface area contributed by atoms with Crippen LogP contribution in [0.2, 0.25) is 0 Å². The van der Waals surface area contributed by atoms with Crippen LogP contribution in [0.4, 0.5) is 8.78 Å². The summed E-state index contributed by atoms with van der Waals surface area (Å²) in [6, 6.07) is 10.5. The zero-order chi connectivity index (χ0) is 17.1. The summed E-state index contributed by atoms with van der Waals surface area (Å²) in [7, 11) is 0. The van der Waals surface area contributed by atoms with Gasteiger partial charge in [0.25, 0.3) is 5.91 Å². The van der Waals surface area contributed by atoms with Gasteiger partial charge >= 0.3 is 0 Å². The largest absolute Gasteiger partial charge is 0.348 e. The van der Waals surface area contributed by atoms with E-state index >= 15 is 0 Å². The first-order valence-electron chi connectivity index (χ1n) is 7.27. The number of hydrogen-bond donors (Lipinski definition) is 1. The van der Waals surface area contributed by atoms with Crippen molar-refractivity contribution < 1.29 is 13.6 Å². The highest BCUT2D eigenvalue weighted by Gasteiger charge is 2.12. The lowest BCUT2D eigenvalue weighted by molar-refractivity contribution is 0.0947. The van der Waals surface area contributed by atoms with Crippen molar-refractivity contribution >= 4 is 17.2 Å². The number of hydrogen-bond acceptors (Lipinski definition) is 3. The minimum atomic E-state index is -0.873. The second kappa shape index (κ2) is 6.88. The van der Waals surface area contributed by atoms with E-state index in [0.717, 1.165) is 34.0 Å². The Morgan fingerprint density at radius 2 is 1.92 bits per heavy atom. The molecule has 0 spiro atoms. The molecule has 1 amide bonds. The molecular weight excluding hydrogens is 330 g/mol.